The van der Waals surface area contributed by atoms with Gasteiger partial charge in [0.25, 0.3) is 5.91 Å². The van der Waals surface area contributed by atoms with Crippen LogP contribution in [0, 0.1) is 5.82 Å². The van der Waals surface area contributed by atoms with Gasteiger partial charge in [-0.3, -0.25) is 9.59 Å². The molecule has 4 rings (SSSR count). The van der Waals surface area contributed by atoms with E-state index in [2.05, 4.69) is 5.32 Å². The predicted molar refractivity (Wildman–Crippen MR) is 112 cm³/mol. The number of benzene rings is 2. The number of ether oxygens (including phenoxy) is 1. The second kappa shape index (κ2) is 8.96. The molecule has 2 aliphatic heterocycles. The van der Waals surface area contributed by atoms with Crippen LogP contribution in [-0.2, 0) is 21.5 Å². The first-order valence-electron chi connectivity index (χ1n) is 10.5. The number of halogens is 1. The summed E-state index contributed by atoms with van der Waals surface area (Å²) in [5.41, 5.74) is 2.17. The standard InChI is InChI=1S/C24H27FN2O3/c25-21-4-1-3-20(15-21)24(10-13-30-14-11-24)17-26-23(29)19-8-6-18(7-9-19)16-27-12-2-5-22(27)28/h1,3-4,6-9,15H,2,5,10-14,16-17H2,(H,26,29). The minimum atomic E-state index is -0.327. The van der Waals surface area contributed by atoms with Gasteiger partial charge in [-0.2, -0.15) is 0 Å². The fraction of sp³-hybridized carbons (Fsp3) is 0.417. The van der Waals surface area contributed by atoms with E-state index in [1.54, 1.807) is 24.3 Å². The van der Waals surface area contributed by atoms with E-state index in [0.29, 0.717) is 38.3 Å². The number of carbonyl (C=O) groups is 2. The van der Waals surface area contributed by atoms with Crippen LogP contribution in [0.15, 0.2) is 48.5 Å². The molecule has 2 aromatic rings. The highest BCUT2D eigenvalue weighted by Gasteiger charge is 2.35. The Bertz CT molecular complexity index is 907. The topological polar surface area (TPSA) is 58.6 Å². The van der Waals surface area contributed by atoms with E-state index in [0.717, 1.165) is 36.9 Å². The fourth-order valence-electron chi connectivity index (χ4n) is 4.35. The maximum Gasteiger partial charge on any atom is 0.251 e. The molecule has 2 saturated heterocycles. The molecule has 2 fully saturated rings. The van der Waals surface area contributed by atoms with Gasteiger partial charge in [0.2, 0.25) is 5.91 Å². The fourth-order valence-corrected chi connectivity index (χ4v) is 4.35. The SMILES string of the molecule is O=C(NCC1(c2cccc(F)c2)CCOCC1)c1ccc(CN2CCCC2=O)cc1. The monoisotopic (exact) mass is 410 g/mol. The third-order valence-corrected chi connectivity index (χ3v) is 6.24. The van der Waals surface area contributed by atoms with Crippen LogP contribution in [-0.4, -0.2) is 43.0 Å². The van der Waals surface area contributed by atoms with Crippen LogP contribution in [0.2, 0.25) is 0 Å². The summed E-state index contributed by atoms with van der Waals surface area (Å²) in [6, 6.07) is 14.0. The number of amides is 2. The van der Waals surface area contributed by atoms with Crippen LogP contribution in [0.5, 0.6) is 0 Å². The Morgan fingerprint density at radius 1 is 1.13 bits per heavy atom. The molecule has 0 atom stereocenters. The Balaban J connectivity index is 1.41. The van der Waals surface area contributed by atoms with Crippen molar-refractivity contribution in [2.45, 2.75) is 37.6 Å². The molecule has 0 aliphatic carbocycles. The van der Waals surface area contributed by atoms with Crippen molar-refractivity contribution in [3.63, 3.8) is 0 Å². The van der Waals surface area contributed by atoms with Gasteiger partial charge < -0.3 is 15.0 Å². The molecular weight excluding hydrogens is 383 g/mol. The number of hydrogen-bond donors (Lipinski definition) is 1. The average molecular weight is 410 g/mol. The quantitative estimate of drug-likeness (QED) is 0.794. The summed E-state index contributed by atoms with van der Waals surface area (Å²) in [6.07, 6.45) is 3.01. The number of carbonyl (C=O) groups excluding carboxylic acids is 2. The molecule has 2 amide bonds. The normalized spacial score (nSPS) is 18.4. The van der Waals surface area contributed by atoms with E-state index in [1.807, 2.05) is 23.1 Å². The number of likely N-dealkylation sites (tertiary alicyclic amines) is 1. The molecule has 2 aromatic carbocycles. The molecule has 158 valence electrons. The van der Waals surface area contributed by atoms with E-state index in [4.69, 9.17) is 4.74 Å². The first-order chi connectivity index (χ1) is 14.6. The highest BCUT2D eigenvalue weighted by Crippen LogP contribution is 2.34. The van der Waals surface area contributed by atoms with Gasteiger partial charge in [-0.15, -0.1) is 0 Å². The maximum absolute atomic E-state index is 13.8. The smallest absolute Gasteiger partial charge is 0.251 e. The van der Waals surface area contributed by atoms with Gasteiger partial charge in [-0.1, -0.05) is 24.3 Å². The molecule has 0 unspecified atom stereocenters. The lowest BCUT2D eigenvalue weighted by Gasteiger charge is -2.38. The molecule has 0 bridgehead atoms. The summed E-state index contributed by atoms with van der Waals surface area (Å²) in [6.45, 7) is 3.01. The van der Waals surface area contributed by atoms with Crippen molar-refractivity contribution < 1.29 is 18.7 Å². The molecule has 2 heterocycles. The molecular formula is C24H27FN2O3. The van der Waals surface area contributed by atoms with E-state index in [-0.39, 0.29) is 23.0 Å². The second-order valence-electron chi connectivity index (χ2n) is 8.20. The highest BCUT2D eigenvalue weighted by molar-refractivity contribution is 5.94. The Labute approximate surface area is 176 Å². The Morgan fingerprint density at radius 2 is 1.90 bits per heavy atom. The van der Waals surface area contributed by atoms with Crippen LogP contribution in [0.25, 0.3) is 0 Å². The largest absolute Gasteiger partial charge is 0.381 e. The summed E-state index contributed by atoms with van der Waals surface area (Å²) < 4.78 is 19.3. The Kier molecular flexibility index (Phi) is 6.13. The van der Waals surface area contributed by atoms with Crippen LogP contribution < -0.4 is 5.32 Å². The van der Waals surface area contributed by atoms with Crippen molar-refractivity contribution in [2.24, 2.45) is 0 Å². The van der Waals surface area contributed by atoms with Crippen LogP contribution >= 0.6 is 0 Å². The minimum absolute atomic E-state index is 0.152. The summed E-state index contributed by atoms with van der Waals surface area (Å²) in [7, 11) is 0. The van der Waals surface area contributed by atoms with Crippen molar-refractivity contribution in [3.05, 3.63) is 71.0 Å². The van der Waals surface area contributed by atoms with Crippen molar-refractivity contribution in [1.29, 1.82) is 0 Å². The molecule has 0 radical (unpaired) electrons. The van der Waals surface area contributed by atoms with Crippen molar-refractivity contribution in [2.75, 3.05) is 26.3 Å². The molecule has 0 aromatic heterocycles. The lowest BCUT2D eigenvalue weighted by molar-refractivity contribution is -0.128. The Morgan fingerprint density at radius 3 is 2.57 bits per heavy atom. The molecule has 0 saturated carbocycles. The molecule has 2 aliphatic rings. The molecule has 0 spiro atoms. The third kappa shape index (κ3) is 4.54. The van der Waals surface area contributed by atoms with Gasteiger partial charge in [0.15, 0.2) is 0 Å². The zero-order valence-corrected chi connectivity index (χ0v) is 17.0. The molecule has 1 N–H and O–H groups in total. The Hall–Kier alpha value is -2.73. The molecule has 30 heavy (non-hydrogen) atoms. The first kappa shape index (κ1) is 20.5. The zero-order valence-electron chi connectivity index (χ0n) is 17.0. The van der Waals surface area contributed by atoms with Crippen molar-refractivity contribution >= 4 is 11.8 Å². The molecule has 5 nitrogen and oxygen atoms in total. The summed E-state index contributed by atoms with van der Waals surface area (Å²) in [5, 5.41) is 3.05. The maximum atomic E-state index is 13.8. The van der Waals surface area contributed by atoms with Gasteiger partial charge in [-0.25, -0.2) is 4.39 Å². The highest BCUT2D eigenvalue weighted by atomic mass is 19.1. The first-order valence-corrected chi connectivity index (χ1v) is 10.5. The van der Waals surface area contributed by atoms with Gasteiger partial charge >= 0.3 is 0 Å². The van der Waals surface area contributed by atoms with Crippen molar-refractivity contribution in [1.82, 2.24) is 10.2 Å². The summed E-state index contributed by atoms with van der Waals surface area (Å²) in [5.74, 6) is -0.228. The van der Waals surface area contributed by atoms with E-state index >= 15 is 0 Å². The van der Waals surface area contributed by atoms with E-state index in [1.165, 1.54) is 6.07 Å². The average Bonchev–Trinajstić information content (AvgIpc) is 3.17. The zero-order chi connectivity index (χ0) is 21.0. The van der Waals surface area contributed by atoms with Crippen LogP contribution in [0.4, 0.5) is 4.39 Å². The van der Waals surface area contributed by atoms with Gasteiger partial charge in [-0.05, 0) is 54.7 Å². The van der Waals surface area contributed by atoms with E-state index in [9.17, 15) is 14.0 Å². The van der Waals surface area contributed by atoms with Gasteiger partial charge in [0, 0.05) is 50.2 Å². The third-order valence-electron chi connectivity index (χ3n) is 6.24. The summed E-state index contributed by atoms with van der Waals surface area (Å²) in [4.78, 5) is 26.4. The number of nitrogens with zero attached hydrogens (tertiary/aromatic N) is 1. The lowest BCUT2D eigenvalue weighted by atomic mass is 9.74. The predicted octanol–water partition coefficient (Wildman–Crippen LogP) is 3.43. The minimum Gasteiger partial charge on any atom is -0.381 e. The van der Waals surface area contributed by atoms with Crippen LogP contribution in [0.3, 0.4) is 0 Å². The van der Waals surface area contributed by atoms with Gasteiger partial charge in [0.05, 0.1) is 0 Å². The lowest BCUT2D eigenvalue weighted by Crippen LogP contribution is -2.44. The van der Waals surface area contributed by atoms with Gasteiger partial charge in [0.1, 0.15) is 5.82 Å². The van der Waals surface area contributed by atoms with E-state index < -0.39 is 0 Å². The molecule has 6 heteroatoms. The number of nitrogens with one attached hydrogen (secondary N) is 1. The van der Waals surface area contributed by atoms with Crippen molar-refractivity contribution in [3.8, 4) is 0 Å². The number of rotatable bonds is 6. The second-order valence-corrected chi connectivity index (χ2v) is 8.20. The summed E-state index contributed by atoms with van der Waals surface area (Å²) >= 11 is 0. The van der Waals surface area contributed by atoms with Crippen LogP contribution in [0.1, 0.15) is 47.2 Å². The number of hydrogen-bond acceptors (Lipinski definition) is 3.